The lowest BCUT2D eigenvalue weighted by atomic mass is 9.97. The van der Waals surface area contributed by atoms with Crippen LogP contribution < -0.4 is 97.8 Å². The van der Waals surface area contributed by atoms with Crippen LogP contribution in [0.5, 0.6) is 0 Å². The lowest BCUT2D eigenvalue weighted by molar-refractivity contribution is -0.145. The highest BCUT2D eigenvalue weighted by Crippen LogP contribution is 2.27. The number of aromatic amines is 1. The molecule has 48 heteroatoms. The van der Waals surface area contributed by atoms with Gasteiger partial charge in [-0.2, -0.15) is 0 Å². The zero-order chi connectivity index (χ0) is 82.3. The Labute approximate surface area is 651 Å². The van der Waals surface area contributed by atoms with Crippen molar-refractivity contribution >= 4 is 155 Å². The van der Waals surface area contributed by atoms with E-state index < -0.39 is 271 Å². The molecule has 1 aromatic heterocycles. The van der Waals surface area contributed by atoms with E-state index in [1.54, 1.807) is 6.92 Å². The molecule has 0 saturated carbocycles. The van der Waals surface area contributed by atoms with Gasteiger partial charge in [-0.05, 0) is 64.3 Å². The molecule has 2 bridgehead atoms. The van der Waals surface area contributed by atoms with Crippen molar-refractivity contribution in [3.63, 3.8) is 0 Å². The number of hydrogen-bond acceptors (Lipinski definition) is 28. The van der Waals surface area contributed by atoms with Crippen LogP contribution in [0, 0.1) is 5.92 Å². The van der Waals surface area contributed by atoms with Crippen molar-refractivity contribution < 1.29 is 106 Å². The van der Waals surface area contributed by atoms with Gasteiger partial charge in [-0.1, -0.05) is 63.4 Å². The molecule has 0 aromatic carbocycles. The summed E-state index contributed by atoms with van der Waals surface area (Å²) in [5, 5.41) is 62.6. The molecule has 1 aromatic rings. The number of amides is 18. The summed E-state index contributed by atoms with van der Waals surface area (Å²) in [6, 6.07) is -26.0. The highest BCUT2D eigenvalue weighted by atomic mass is 33.1. The molecule has 0 aliphatic carbocycles. The fraction of sp³-hybridized carbons (Fsp3) is 0.651. The average Bonchev–Trinajstić information content (AvgIpc) is 1.73. The molecule has 16 atom stereocenters. The van der Waals surface area contributed by atoms with Crippen molar-refractivity contribution in [3.8, 4) is 0 Å². The zero-order valence-electron chi connectivity index (χ0n) is 60.9. The number of imidazole rings is 1. The third kappa shape index (κ3) is 28.6. The van der Waals surface area contributed by atoms with Crippen LogP contribution in [0.2, 0.25) is 0 Å². The number of unbranched alkanes of at least 4 members (excludes halogenated alkanes) is 1. The van der Waals surface area contributed by atoms with Gasteiger partial charge in [-0.15, -0.1) is 0 Å². The van der Waals surface area contributed by atoms with Crippen molar-refractivity contribution in [2.45, 2.75) is 188 Å². The van der Waals surface area contributed by atoms with Crippen molar-refractivity contribution in [1.29, 1.82) is 0 Å². The summed E-state index contributed by atoms with van der Waals surface area (Å²) < 4.78 is 0. The lowest BCUT2D eigenvalue weighted by Crippen LogP contribution is -2.62. The molecule has 18 amide bonds. The predicted molar refractivity (Wildman–Crippen MR) is 397 cm³/mol. The molecule has 4 saturated heterocycles. The molecule has 4 aliphatic rings. The normalized spacial score (nSPS) is 28.3. The van der Waals surface area contributed by atoms with Gasteiger partial charge in [0, 0.05) is 54.4 Å². The predicted octanol–water partition coefficient (Wildman–Crippen LogP) is -11.1. The van der Waals surface area contributed by atoms with Gasteiger partial charge in [0.1, 0.15) is 90.6 Å². The van der Waals surface area contributed by atoms with E-state index in [9.17, 15) is 106 Å². The number of H-pyrrole nitrogens is 1. The fourth-order valence-corrected chi connectivity index (χ4v) is 16.4. The molecule has 5 rings (SSSR count). The highest BCUT2D eigenvalue weighted by Gasteiger charge is 2.44. The van der Waals surface area contributed by atoms with Gasteiger partial charge in [-0.25, -0.2) is 4.98 Å². The topological polar surface area (TPSA) is 707 Å². The Kier molecular flexibility index (Phi) is 37.8. The molecule has 0 spiro atoms. The van der Waals surface area contributed by atoms with Crippen LogP contribution in [0.25, 0.3) is 0 Å². The number of fused-ring (bicyclic) bond motifs is 10. The van der Waals surface area contributed by atoms with E-state index in [1.165, 1.54) is 26.4 Å². The number of rotatable bonds is 19. The molecule has 111 heavy (non-hydrogen) atoms. The summed E-state index contributed by atoms with van der Waals surface area (Å²) in [4.78, 5) is 274. The van der Waals surface area contributed by atoms with Crippen LogP contribution in [0.3, 0.4) is 0 Å². The van der Waals surface area contributed by atoms with Gasteiger partial charge in [0.15, 0.2) is 0 Å². The number of carboxylic acids is 1. The summed E-state index contributed by atoms with van der Waals surface area (Å²) >= 11 is 0. The minimum absolute atomic E-state index is 0.0295. The van der Waals surface area contributed by atoms with Gasteiger partial charge in [0.25, 0.3) is 0 Å². The number of aromatic nitrogens is 2. The Morgan fingerprint density at radius 3 is 1.53 bits per heavy atom. The quantitative estimate of drug-likeness (QED) is 0.0452. The Hall–Kier alpha value is -9.62. The van der Waals surface area contributed by atoms with Crippen LogP contribution in [-0.4, -0.2) is 300 Å². The molecular formula is C63H98N22O22S4. The number of nitrogens with two attached hydrogens (primary N) is 5. The fourth-order valence-electron chi connectivity index (χ4n) is 11.7. The van der Waals surface area contributed by atoms with E-state index in [0.29, 0.717) is 0 Å². The smallest absolute Gasteiger partial charge is 0.305 e. The number of primary amides is 3. The lowest BCUT2D eigenvalue weighted by Gasteiger charge is -2.31. The second-order valence-corrected chi connectivity index (χ2v) is 31.4. The summed E-state index contributed by atoms with van der Waals surface area (Å²) in [6.45, 7) is 1.01. The Bertz CT molecular complexity index is 3550. The minimum atomic E-state index is -2.03. The van der Waals surface area contributed by atoms with Gasteiger partial charge >= 0.3 is 5.97 Å². The molecule has 44 nitrogen and oxygen atoms in total. The van der Waals surface area contributed by atoms with Crippen LogP contribution in [0.4, 0.5) is 0 Å². The third-order valence-electron chi connectivity index (χ3n) is 18.0. The largest absolute Gasteiger partial charge is 0.481 e. The second-order valence-electron chi connectivity index (χ2n) is 26.3. The van der Waals surface area contributed by atoms with Crippen molar-refractivity contribution in [1.82, 2.24) is 88.9 Å². The van der Waals surface area contributed by atoms with Crippen molar-refractivity contribution in [2.24, 2.45) is 34.6 Å². The number of aliphatic carboxylic acids is 1. The standard InChI is InChI=1S/C63H98N22O22S4/c1-4-28(2)48-61(105)80-38(49(68)93)23-108-110-26-41-58(102)79-37(22-87)55(99)76-34(15-30-20-69-27-70-30)62(106)84-13-7-10-42(84)59(103)71-29(3)50(94)81-40(25-111-109-24-39(56(100)82-41)72-46(90)19-65)57(101)78-36(21-86)54(98)73-31(9-5-6-12-64)51(95)74-32(16-44(66)88)52(96)77-35(17-45(67)89)63(107)85-14-8-11-43(85)60(104)75-33(18-47(91)92)53(97)83-48/h20,27-29,31-43,48,86-87H,4-19,21-26,64-65H2,1-3H3,(H2,66,88)(H2,67,89)(H2,68,93)(H,69,70)(H,71,103)(H,72,90)(H,73,98)(H,74,95)(H,75,104)(H,76,99)(H,77,96)(H,78,101)(H,79,102)(H,80,105)(H,81,94)(H,82,100)(H,83,97)(H,91,92)/t28-,29-,31-,32-,33-,34-,35-,36-,37-,38-,39-,40-,41-,42-,43-,48-/m0/s1. The molecular weight excluding hydrogens is 1550 g/mol. The number of carboxylic acid groups (broad SMARTS) is 1. The number of nitrogens with zero attached hydrogens (tertiary/aromatic N) is 3. The van der Waals surface area contributed by atoms with Crippen LogP contribution in [0.1, 0.15) is 97.1 Å². The number of carbonyl (C=O) groups excluding carboxylic acids is 18. The highest BCUT2D eigenvalue weighted by molar-refractivity contribution is 8.77. The number of carbonyl (C=O) groups is 19. The zero-order valence-corrected chi connectivity index (χ0v) is 64.2. The van der Waals surface area contributed by atoms with E-state index in [0.717, 1.165) is 53.0 Å². The van der Waals surface area contributed by atoms with Crippen molar-refractivity contribution in [2.75, 3.05) is 62.4 Å². The molecule has 4 fully saturated rings. The SMILES string of the molecule is CC[C@H](C)[C@@H]1NC(=O)[C@H](CC(=O)O)NC(=O)[C@@H]2CCCN2C(=O)[C@H](CC(N)=O)NC(=O)[C@H](CC(N)=O)NC(=O)[C@H](CCCCN)NC(=O)[C@H](CO)NC(=O)[C@@H]2CSSC[C@H](NC(=O)CN)C(=O)N[C@@H](CSSC[C@@H](C(N)=O)NC1=O)C(=O)N[C@@H](CO)C(=O)N[C@@H](Cc1cnc[nH]1)C(=O)N1CCC[C@H]1C(=O)N[C@@H](C)C(=O)N2. The Balaban J connectivity index is 1.66. The Morgan fingerprint density at radius 2 is 1.01 bits per heavy atom. The molecule has 4 aliphatic heterocycles. The minimum Gasteiger partial charge on any atom is -0.481 e. The molecule has 27 N–H and O–H groups in total. The van der Waals surface area contributed by atoms with E-state index in [2.05, 4.69) is 79.1 Å². The van der Waals surface area contributed by atoms with E-state index >= 15 is 0 Å². The third-order valence-corrected chi connectivity index (χ3v) is 22.8. The Morgan fingerprint density at radius 1 is 0.541 bits per heavy atom. The average molecular weight is 1640 g/mol. The maximum Gasteiger partial charge on any atom is 0.305 e. The first-order valence-corrected chi connectivity index (χ1v) is 40.3. The van der Waals surface area contributed by atoms with Gasteiger partial charge in [0.05, 0.1) is 45.3 Å². The number of aliphatic hydroxyl groups excluding tert-OH is 2. The van der Waals surface area contributed by atoms with Crippen LogP contribution in [-0.2, 0) is 97.5 Å². The number of nitrogens with one attached hydrogen (secondary N) is 14. The summed E-state index contributed by atoms with van der Waals surface area (Å²) in [6.07, 6.45) is -0.536. The first-order valence-electron chi connectivity index (χ1n) is 35.4. The van der Waals surface area contributed by atoms with Crippen LogP contribution in [0.15, 0.2) is 12.5 Å². The van der Waals surface area contributed by atoms with E-state index in [-0.39, 0.29) is 83.1 Å². The molecule has 616 valence electrons. The van der Waals surface area contributed by atoms with E-state index in [4.69, 9.17) is 28.7 Å². The van der Waals surface area contributed by atoms with Crippen LogP contribution >= 0.6 is 43.2 Å². The van der Waals surface area contributed by atoms with Crippen molar-refractivity contribution in [3.05, 3.63) is 18.2 Å². The first-order chi connectivity index (χ1) is 52.6. The van der Waals surface area contributed by atoms with Gasteiger partial charge in [0.2, 0.25) is 106 Å². The number of aliphatic hydroxyl groups is 2. The maximum atomic E-state index is 14.7. The summed E-state index contributed by atoms with van der Waals surface area (Å²) in [5.41, 5.74) is 28.6. The molecule has 5 heterocycles. The first kappa shape index (κ1) is 92.0. The maximum absolute atomic E-state index is 14.7. The second kappa shape index (κ2) is 45.6. The number of hydrogen-bond donors (Lipinski definition) is 22. The van der Waals surface area contributed by atoms with Gasteiger partial charge < -0.3 is 128 Å². The monoisotopic (exact) mass is 1640 g/mol. The van der Waals surface area contributed by atoms with E-state index in [1.807, 2.05) is 0 Å². The molecule has 0 radical (unpaired) electrons. The molecule has 0 unspecified atom stereocenters. The van der Waals surface area contributed by atoms with Gasteiger partial charge in [-0.3, -0.25) is 91.1 Å². The summed E-state index contributed by atoms with van der Waals surface area (Å²) in [5.74, 6) is -24.8. The summed E-state index contributed by atoms with van der Waals surface area (Å²) in [7, 11) is 3.08.